The summed E-state index contributed by atoms with van der Waals surface area (Å²) in [5.74, 6) is 0. The van der Waals surface area contributed by atoms with Crippen molar-refractivity contribution >= 4 is 29.7 Å². The van der Waals surface area contributed by atoms with Crippen LogP contribution in [-0.4, -0.2) is 28.6 Å². The molecule has 0 spiro atoms. The standard InChI is InChI=1S/C9H16BF2IO2/c1-8(2)9(3,4)15-10(14-8)6(13)5-7(11)12/h6-7H,5H2,1-4H3/t6-/m0/s1. The van der Waals surface area contributed by atoms with Crippen molar-refractivity contribution in [2.24, 2.45) is 0 Å². The van der Waals surface area contributed by atoms with Gasteiger partial charge in [0.05, 0.1) is 15.0 Å². The zero-order chi connectivity index (χ0) is 11.9. The summed E-state index contributed by atoms with van der Waals surface area (Å²) in [5, 5.41) is 0. The van der Waals surface area contributed by atoms with E-state index in [-0.39, 0.29) is 10.2 Å². The van der Waals surface area contributed by atoms with Crippen molar-refractivity contribution in [2.45, 2.75) is 55.6 Å². The van der Waals surface area contributed by atoms with Crippen LogP contribution in [0.4, 0.5) is 8.78 Å². The predicted molar refractivity (Wildman–Crippen MR) is 64.5 cm³/mol. The maximum atomic E-state index is 12.2. The number of rotatable bonds is 3. The summed E-state index contributed by atoms with van der Waals surface area (Å²) < 4.78 is 35.4. The second-order valence-corrected chi connectivity index (χ2v) is 6.37. The van der Waals surface area contributed by atoms with Crippen molar-refractivity contribution in [3.05, 3.63) is 0 Å². The summed E-state index contributed by atoms with van der Waals surface area (Å²) in [6, 6.07) is 0. The molecular weight excluding hydrogens is 316 g/mol. The molecule has 1 aliphatic heterocycles. The molecule has 0 unspecified atom stereocenters. The monoisotopic (exact) mass is 332 g/mol. The molecule has 1 atom stereocenters. The lowest BCUT2D eigenvalue weighted by atomic mass is 9.83. The molecule has 0 aromatic rings. The second kappa shape index (κ2) is 4.45. The molecule has 0 N–H and O–H groups in total. The van der Waals surface area contributed by atoms with E-state index in [0.717, 1.165) is 0 Å². The number of alkyl halides is 3. The van der Waals surface area contributed by atoms with E-state index in [9.17, 15) is 8.78 Å². The van der Waals surface area contributed by atoms with Crippen LogP contribution in [0.15, 0.2) is 0 Å². The van der Waals surface area contributed by atoms with Crippen LogP contribution in [0.3, 0.4) is 0 Å². The number of hydrogen-bond donors (Lipinski definition) is 0. The van der Waals surface area contributed by atoms with E-state index >= 15 is 0 Å². The van der Waals surface area contributed by atoms with Gasteiger partial charge in [0, 0.05) is 6.42 Å². The van der Waals surface area contributed by atoms with Crippen LogP contribution in [0, 0.1) is 0 Å². The maximum Gasteiger partial charge on any atom is 0.471 e. The Bertz CT molecular complexity index is 220. The first kappa shape index (κ1) is 13.6. The quantitative estimate of drug-likeness (QED) is 0.449. The van der Waals surface area contributed by atoms with E-state index in [4.69, 9.17) is 9.31 Å². The van der Waals surface area contributed by atoms with E-state index in [0.29, 0.717) is 0 Å². The van der Waals surface area contributed by atoms with Crippen LogP contribution < -0.4 is 0 Å². The fourth-order valence-corrected chi connectivity index (χ4v) is 2.00. The summed E-state index contributed by atoms with van der Waals surface area (Å²) in [6.07, 6.45) is -2.51. The van der Waals surface area contributed by atoms with Gasteiger partial charge in [0.1, 0.15) is 0 Å². The fraction of sp³-hybridized carbons (Fsp3) is 1.00. The largest absolute Gasteiger partial charge is 0.471 e. The highest BCUT2D eigenvalue weighted by molar-refractivity contribution is 14.1. The third-order valence-corrected chi connectivity index (χ3v) is 4.07. The normalized spacial score (nSPS) is 26.0. The van der Waals surface area contributed by atoms with Gasteiger partial charge in [0.25, 0.3) is 0 Å². The van der Waals surface area contributed by atoms with Crippen molar-refractivity contribution in [3.63, 3.8) is 0 Å². The van der Waals surface area contributed by atoms with Crippen LogP contribution in [0.25, 0.3) is 0 Å². The lowest BCUT2D eigenvalue weighted by Gasteiger charge is -2.32. The van der Waals surface area contributed by atoms with Crippen molar-refractivity contribution in [3.8, 4) is 0 Å². The summed E-state index contributed by atoms with van der Waals surface area (Å²) in [4.78, 5) is 0. The van der Waals surface area contributed by atoms with Gasteiger partial charge < -0.3 is 9.31 Å². The summed E-state index contributed by atoms with van der Waals surface area (Å²) in [7, 11) is -0.537. The lowest BCUT2D eigenvalue weighted by Crippen LogP contribution is -2.41. The molecule has 1 heterocycles. The molecule has 0 aliphatic carbocycles. The Labute approximate surface area is 103 Å². The van der Waals surface area contributed by atoms with Gasteiger partial charge in [0.15, 0.2) is 0 Å². The van der Waals surface area contributed by atoms with Gasteiger partial charge in [-0.3, -0.25) is 0 Å². The van der Waals surface area contributed by atoms with Gasteiger partial charge in [-0.15, -0.1) is 0 Å². The molecule has 1 aliphatic rings. The minimum absolute atomic E-state index is 0.197. The number of hydrogen-bond acceptors (Lipinski definition) is 2. The summed E-state index contributed by atoms with van der Waals surface area (Å²) in [6.45, 7) is 7.66. The molecular formula is C9H16BF2IO2. The molecule has 1 rings (SSSR count). The molecule has 0 aromatic heterocycles. The van der Waals surface area contributed by atoms with Crippen molar-refractivity contribution < 1.29 is 18.1 Å². The fourth-order valence-electron chi connectivity index (χ4n) is 1.32. The molecule has 0 radical (unpaired) electrons. The van der Waals surface area contributed by atoms with Crippen LogP contribution in [0.5, 0.6) is 0 Å². The van der Waals surface area contributed by atoms with Crippen molar-refractivity contribution in [1.82, 2.24) is 0 Å². The van der Waals surface area contributed by atoms with Gasteiger partial charge in [0.2, 0.25) is 6.43 Å². The van der Waals surface area contributed by atoms with E-state index < -0.39 is 24.7 Å². The molecule has 2 nitrogen and oxygen atoms in total. The van der Waals surface area contributed by atoms with E-state index in [1.54, 1.807) is 0 Å². The van der Waals surface area contributed by atoms with Gasteiger partial charge in [-0.2, -0.15) is 0 Å². The molecule has 88 valence electrons. The lowest BCUT2D eigenvalue weighted by molar-refractivity contribution is 0.00578. The highest BCUT2D eigenvalue weighted by Crippen LogP contribution is 2.39. The van der Waals surface area contributed by atoms with Crippen LogP contribution in [0.2, 0.25) is 0 Å². The maximum absolute atomic E-state index is 12.2. The Kier molecular flexibility index (Phi) is 4.04. The van der Waals surface area contributed by atoms with Crippen LogP contribution in [0.1, 0.15) is 34.1 Å². The Morgan fingerprint density at radius 2 is 1.53 bits per heavy atom. The van der Waals surface area contributed by atoms with E-state index in [2.05, 4.69) is 0 Å². The van der Waals surface area contributed by atoms with Gasteiger partial charge in [-0.05, 0) is 27.7 Å². The average Bonchev–Trinajstić information content (AvgIpc) is 2.20. The predicted octanol–water partition coefficient (Wildman–Crippen LogP) is 3.08. The molecule has 0 aromatic carbocycles. The SMILES string of the molecule is CC1(C)OB([C@@H](I)CC(F)F)OC1(C)C. The molecule has 0 bridgehead atoms. The van der Waals surface area contributed by atoms with E-state index in [1.165, 1.54) is 0 Å². The molecule has 1 fully saturated rings. The first-order chi connectivity index (χ1) is 6.66. The van der Waals surface area contributed by atoms with Gasteiger partial charge >= 0.3 is 7.12 Å². The Morgan fingerprint density at radius 1 is 1.13 bits per heavy atom. The Hall–Kier alpha value is 0.575. The summed E-state index contributed by atoms with van der Waals surface area (Å²) >= 11 is 1.96. The Morgan fingerprint density at radius 3 is 1.87 bits per heavy atom. The highest BCUT2D eigenvalue weighted by atomic mass is 127. The first-order valence-corrected chi connectivity index (χ1v) is 6.18. The van der Waals surface area contributed by atoms with Gasteiger partial charge in [-0.25, -0.2) is 8.78 Å². The van der Waals surface area contributed by atoms with Crippen molar-refractivity contribution in [2.75, 3.05) is 0 Å². The minimum atomic E-state index is -2.31. The Balaban J connectivity index is 2.62. The second-order valence-electron chi connectivity index (χ2n) is 4.77. The van der Waals surface area contributed by atoms with Crippen molar-refractivity contribution in [1.29, 1.82) is 0 Å². The molecule has 15 heavy (non-hydrogen) atoms. The highest BCUT2D eigenvalue weighted by Gasteiger charge is 2.53. The van der Waals surface area contributed by atoms with Crippen LogP contribution in [-0.2, 0) is 9.31 Å². The topological polar surface area (TPSA) is 18.5 Å². The first-order valence-electron chi connectivity index (χ1n) is 4.93. The zero-order valence-electron chi connectivity index (χ0n) is 9.39. The third kappa shape index (κ3) is 3.03. The number of halogens is 3. The minimum Gasteiger partial charge on any atom is -0.403 e. The van der Waals surface area contributed by atoms with Gasteiger partial charge in [-0.1, -0.05) is 22.6 Å². The molecule has 6 heteroatoms. The zero-order valence-corrected chi connectivity index (χ0v) is 11.5. The van der Waals surface area contributed by atoms with Crippen LogP contribution >= 0.6 is 22.6 Å². The average molecular weight is 332 g/mol. The summed E-state index contributed by atoms with van der Waals surface area (Å²) in [5.41, 5.74) is -0.883. The molecule has 0 saturated carbocycles. The van der Waals surface area contributed by atoms with E-state index in [1.807, 2.05) is 50.3 Å². The third-order valence-electron chi connectivity index (χ3n) is 2.97. The molecule has 0 amide bonds. The smallest absolute Gasteiger partial charge is 0.403 e. The molecule has 1 saturated heterocycles.